The standard InChI is InChI=1S/C17H20FN3O4S/c1-24-17-19-8-5-16(20-17)25-15-6-9-21(10-7-15)26(22,23)12-13-3-2-4-14(18)11-13/h2-5,8,11,15H,6-7,9-10,12H2,1H3. The molecule has 3 rings (SSSR count). The number of piperidine rings is 1. The lowest BCUT2D eigenvalue weighted by atomic mass is 10.1. The van der Waals surface area contributed by atoms with Crippen LogP contribution in [0.3, 0.4) is 0 Å². The van der Waals surface area contributed by atoms with E-state index in [-0.39, 0.29) is 17.9 Å². The van der Waals surface area contributed by atoms with Gasteiger partial charge in [-0.2, -0.15) is 4.98 Å². The highest BCUT2D eigenvalue weighted by molar-refractivity contribution is 7.88. The van der Waals surface area contributed by atoms with Gasteiger partial charge in [-0.1, -0.05) is 12.1 Å². The first kappa shape index (κ1) is 18.5. The smallest absolute Gasteiger partial charge is 0.319 e. The first-order valence-corrected chi connectivity index (χ1v) is 9.83. The Labute approximate surface area is 151 Å². The number of hydrogen-bond acceptors (Lipinski definition) is 6. The van der Waals surface area contributed by atoms with Gasteiger partial charge in [0.1, 0.15) is 11.9 Å². The molecule has 1 aliphatic rings. The summed E-state index contributed by atoms with van der Waals surface area (Å²) in [5.74, 6) is -0.248. The summed E-state index contributed by atoms with van der Waals surface area (Å²) in [5.41, 5.74) is 0.441. The molecule has 2 heterocycles. The number of halogens is 1. The molecule has 0 atom stereocenters. The van der Waals surface area contributed by atoms with Crippen LogP contribution in [0.4, 0.5) is 4.39 Å². The van der Waals surface area contributed by atoms with Crippen molar-refractivity contribution in [2.24, 2.45) is 0 Å². The Bertz CT molecular complexity index is 855. The predicted octanol–water partition coefficient (Wildman–Crippen LogP) is 2.00. The van der Waals surface area contributed by atoms with E-state index in [0.717, 1.165) is 0 Å². The van der Waals surface area contributed by atoms with Gasteiger partial charge in [0.2, 0.25) is 15.9 Å². The molecule has 1 aromatic heterocycles. The number of benzene rings is 1. The van der Waals surface area contributed by atoms with E-state index < -0.39 is 15.8 Å². The van der Waals surface area contributed by atoms with Gasteiger partial charge in [-0.15, -0.1) is 0 Å². The molecule has 0 amide bonds. The van der Waals surface area contributed by atoms with Crippen molar-refractivity contribution in [3.63, 3.8) is 0 Å². The fraction of sp³-hybridized carbons (Fsp3) is 0.412. The topological polar surface area (TPSA) is 81.6 Å². The molecular weight excluding hydrogens is 361 g/mol. The van der Waals surface area contributed by atoms with Crippen molar-refractivity contribution in [1.82, 2.24) is 14.3 Å². The number of rotatable bonds is 6. The van der Waals surface area contributed by atoms with Crippen molar-refractivity contribution in [3.8, 4) is 11.9 Å². The van der Waals surface area contributed by atoms with Crippen LogP contribution in [0, 0.1) is 5.82 Å². The highest BCUT2D eigenvalue weighted by Gasteiger charge is 2.29. The summed E-state index contributed by atoms with van der Waals surface area (Å²) in [6.07, 6.45) is 2.51. The van der Waals surface area contributed by atoms with E-state index in [1.165, 1.54) is 29.6 Å². The second-order valence-corrected chi connectivity index (χ2v) is 7.95. The van der Waals surface area contributed by atoms with Crippen molar-refractivity contribution in [2.75, 3.05) is 20.2 Å². The molecule has 26 heavy (non-hydrogen) atoms. The maximum absolute atomic E-state index is 13.3. The first-order valence-electron chi connectivity index (χ1n) is 8.22. The van der Waals surface area contributed by atoms with Crippen LogP contribution in [0.15, 0.2) is 36.5 Å². The average Bonchev–Trinajstić information content (AvgIpc) is 2.62. The van der Waals surface area contributed by atoms with Crippen molar-refractivity contribution < 1.29 is 22.3 Å². The van der Waals surface area contributed by atoms with Crippen molar-refractivity contribution >= 4 is 10.0 Å². The Kier molecular flexibility index (Phi) is 5.67. The maximum atomic E-state index is 13.3. The number of hydrogen-bond donors (Lipinski definition) is 0. The predicted molar refractivity (Wildman–Crippen MR) is 92.8 cm³/mol. The Hall–Kier alpha value is -2.26. The molecule has 2 aromatic rings. The van der Waals surface area contributed by atoms with E-state index in [0.29, 0.717) is 37.4 Å². The van der Waals surface area contributed by atoms with Crippen molar-refractivity contribution in [2.45, 2.75) is 24.7 Å². The third-order valence-corrected chi connectivity index (χ3v) is 5.96. The van der Waals surface area contributed by atoms with Crippen LogP contribution in [0.2, 0.25) is 0 Å². The average molecular weight is 381 g/mol. The molecule has 1 fully saturated rings. The third-order valence-electron chi connectivity index (χ3n) is 4.11. The molecule has 0 bridgehead atoms. The molecule has 0 spiro atoms. The van der Waals surface area contributed by atoms with Gasteiger partial charge in [0.25, 0.3) is 0 Å². The Morgan fingerprint density at radius 2 is 2.04 bits per heavy atom. The lowest BCUT2D eigenvalue weighted by molar-refractivity contribution is 0.128. The van der Waals surface area contributed by atoms with E-state index in [4.69, 9.17) is 9.47 Å². The van der Waals surface area contributed by atoms with Crippen LogP contribution in [0.1, 0.15) is 18.4 Å². The Morgan fingerprint density at radius 3 is 2.73 bits per heavy atom. The summed E-state index contributed by atoms with van der Waals surface area (Å²) in [5, 5.41) is 0. The number of ether oxygens (including phenoxy) is 2. The lowest BCUT2D eigenvalue weighted by Gasteiger charge is -2.31. The van der Waals surface area contributed by atoms with Gasteiger partial charge < -0.3 is 9.47 Å². The zero-order valence-corrected chi connectivity index (χ0v) is 15.2. The van der Waals surface area contributed by atoms with Crippen LogP contribution in [-0.4, -0.2) is 49.0 Å². The zero-order chi connectivity index (χ0) is 18.6. The van der Waals surface area contributed by atoms with Gasteiger partial charge in [0, 0.05) is 25.4 Å². The molecule has 0 unspecified atom stereocenters. The summed E-state index contributed by atoms with van der Waals surface area (Å²) < 4.78 is 50.5. The highest BCUT2D eigenvalue weighted by atomic mass is 32.2. The summed E-state index contributed by atoms with van der Waals surface area (Å²) >= 11 is 0. The van der Waals surface area contributed by atoms with Crippen LogP contribution >= 0.6 is 0 Å². The van der Waals surface area contributed by atoms with Crippen LogP contribution in [0.25, 0.3) is 0 Å². The van der Waals surface area contributed by atoms with Gasteiger partial charge >= 0.3 is 6.01 Å². The molecule has 7 nitrogen and oxygen atoms in total. The van der Waals surface area contributed by atoms with Gasteiger partial charge in [0.05, 0.1) is 12.9 Å². The molecule has 9 heteroatoms. The second-order valence-electron chi connectivity index (χ2n) is 5.98. The number of sulfonamides is 1. The molecule has 1 aliphatic heterocycles. The summed E-state index contributed by atoms with van der Waals surface area (Å²) in [6, 6.07) is 7.51. The number of nitrogens with zero attached hydrogens (tertiary/aromatic N) is 3. The van der Waals surface area contributed by atoms with Crippen LogP contribution < -0.4 is 9.47 Å². The van der Waals surface area contributed by atoms with E-state index in [9.17, 15) is 12.8 Å². The fourth-order valence-electron chi connectivity index (χ4n) is 2.82. The highest BCUT2D eigenvalue weighted by Crippen LogP contribution is 2.21. The summed E-state index contributed by atoms with van der Waals surface area (Å²) in [7, 11) is -2.02. The monoisotopic (exact) mass is 381 g/mol. The molecular formula is C17H20FN3O4S. The van der Waals surface area contributed by atoms with Crippen molar-refractivity contribution in [1.29, 1.82) is 0 Å². The number of methoxy groups -OCH3 is 1. The molecule has 140 valence electrons. The van der Waals surface area contributed by atoms with E-state index in [1.54, 1.807) is 18.3 Å². The first-order chi connectivity index (χ1) is 12.5. The molecule has 1 aromatic carbocycles. The minimum Gasteiger partial charge on any atom is -0.474 e. The summed E-state index contributed by atoms with van der Waals surface area (Å²) in [4.78, 5) is 8.01. The molecule has 1 saturated heterocycles. The minimum absolute atomic E-state index is 0.129. The van der Waals surface area contributed by atoms with Gasteiger partial charge in [-0.25, -0.2) is 22.1 Å². The summed E-state index contributed by atoms with van der Waals surface area (Å²) in [6.45, 7) is 0.703. The van der Waals surface area contributed by atoms with E-state index in [2.05, 4.69) is 9.97 Å². The van der Waals surface area contributed by atoms with Crippen LogP contribution in [-0.2, 0) is 15.8 Å². The van der Waals surface area contributed by atoms with E-state index in [1.807, 2.05) is 0 Å². The second kappa shape index (κ2) is 7.96. The molecule has 0 aliphatic carbocycles. The van der Waals surface area contributed by atoms with Gasteiger partial charge in [-0.05, 0) is 30.5 Å². The van der Waals surface area contributed by atoms with Crippen LogP contribution in [0.5, 0.6) is 11.9 Å². The SMILES string of the molecule is COc1nccc(OC2CCN(S(=O)(=O)Cc3cccc(F)c3)CC2)n1. The minimum atomic E-state index is -3.49. The molecule has 0 N–H and O–H groups in total. The quantitative estimate of drug-likeness (QED) is 0.761. The van der Waals surface area contributed by atoms with Gasteiger partial charge in [-0.3, -0.25) is 0 Å². The Balaban J connectivity index is 1.57. The number of aromatic nitrogens is 2. The molecule has 0 saturated carbocycles. The third kappa shape index (κ3) is 4.67. The largest absolute Gasteiger partial charge is 0.474 e. The molecule has 0 radical (unpaired) electrons. The maximum Gasteiger partial charge on any atom is 0.319 e. The normalized spacial score (nSPS) is 16.4. The zero-order valence-electron chi connectivity index (χ0n) is 14.3. The van der Waals surface area contributed by atoms with Crippen molar-refractivity contribution in [3.05, 3.63) is 47.9 Å². The Morgan fingerprint density at radius 1 is 1.27 bits per heavy atom. The fourth-order valence-corrected chi connectivity index (χ4v) is 4.37. The van der Waals surface area contributed by atoms with E-state index >= 15 is 0 Å². The lowest BCUT2D eigenvalue weighted by Crippen LogP contribution is -2.42. The van der Waals surface area contributed by atoms with Gasteiger partial charge in [0.15, 0.2) is 0 Å².